The van der Waals surface area contributed by atoms with Gasteiger partial charge in [0.2, 0.25) is 0 Å². The van der Waals surface area contributed by atoms with E-state index in [9.17, 15) is 4.79 Å². The summed E-state index contributed by atoms with van der Waals surface area (Å²) in [6.45, 7) is 8.03. The van der Waals surface area contributed by atoms with Crippen molar-refractivity contribution in [1.29, 1.82) is 0 Å². The number of esters is 1. The molecule has 1 fully saturated rings. The van der Waals surface area contributed by atoms with Gasteiger partial charge >= 0.3 is 5.97 Å². The minimum absolute atomic E-state index is 0.292. The molecular weight excluding hydrogens is 240 g/mol. The number of benzene rings is 1. The van der Waals surface area contributed by atoms with E-state index >= 15 is 0 Å². The minimum Gasteiger partial charge on any atom is -0.465 e. The van der Waals surface area contributed by atoms with Gasteiger partial charge in [0.15, 0.2) is 0 Å². The SMILES string of the molecule is CC.COC(=O)c1ccc(C2CNC(C)CN2)cc1. The summed E-state index contributed by atoms with van der Waals surface area (Å²) in [5.41, 5.74) is 1.78. The summed E-state index contributed by atoms with van der Waals surface area (Å²) >= 11 is 0. The molecule has 4 heteroatoms. The van der Waals surface area contributed by atoms with E-state index in [1.54, 1.807) is 12.1 Å². The highest BCUT2D eigenvalue weighted by molar-refractivity contribution is 5.89. The number of ether oxygens (including phenoxy) is 1. The van der Waals surface area contributed by atoms with E-state index in [-0.39, 0.29) is 5.97 Å². The van der Waals surface area contributed by atoms with Crippen molar-refractivity contribution in [2.75, 3.05) is 20.2 Å². The van der Waals surface area contributed by atoms with Crippen molar-refractivity contribution in [3.63, 3.8) is 0 Å². The first-order valence-corrected chi connectivity index (χ1v) is 6.85. The van der Waals surface area contributed by atoms with Crippen LogP contribution in [-0.4, -0.2) is 32.2 Å². The summed E-state index contributed by atoms with van der Waals surface area (Å²) in [5.74, 6) is -0.292. The molecule has 0 aliphatic carbocycles. The van der Waals surface area contributed by atoms with Crippen LogP contribution in [-0.2, 0) is 4.74 Å². The Labute approximate surface area is 115 Å². The molecule has 2 N–H and O–H groups in total. The minimum atomic E-state index is -0.292. The molecule has 0 spiro atoms. The van der Waals surface area contributed by atoms with E-state index < -0.39 is 0 Å². The number of rotatable bonds is 2. The summed E-state index contributed by atoms with van der Waals surface area (Å²) in [4.78, 5) is 11.3. The van der Waals surface area contributed by atoms with Crippen molar-refractivity contribution >= 4 is 5.97 Å². The maximum absolute atomic E-state index is 11.3. The smallest absolute Gasteiger partial charge is 0.337 e. The Bertz CT molecular complexity index is 382. The first-order valence-electron chi connectivity index (χ1n) is 6.85. The Balaban J connectivity index is 0.000000861. The molecule has 1 aliphatic rings. The van der Waals surface area contributed by atoms with E-state index in [2.05, 4.69) is 22.3 Å². The Kier molecular flexibility index (Phi) is 6.53. The van der Waals surface area contributed by atoms with Crippen LogP contribution in [0.25, 0.3) is 0 Å². The fraction of sp³-hybridized carbons (Fsp3) is 0.533. The van der Waals surface area contributed by atoms with Gasteiger partial charge in [-0.15, -0.1) is 0 Å². The van der Waals surface area contributed by atoms with Crippen molar-refractivity contribution in [3.05, 3.63) is 35.4 Å². The zero-order chi connectivity index (χ0) is 14.3. The van der Waals surface area contributed by atoms with Crippen LogP contribution in [0, 0.1) is 0 Å². The van der Waals surface area contributed by atoms with Gasteiger partial charge in [0.1, 0.15) is 0 Å². The molecule has 0 bridgehead atoms. The van der Waals surface area contributed by atoms with Crippen LogP contribution < -0.4 is 10.6 Å². The van der Waals surface area contributed by atoms with E-state index in [1.165, 1.54) is 12.7 Å². The van der Waals surface area contributed by atoms with Crippen LogP contribution in [0.5, 0.6) is 0 Å². The van der Waals surface area contributed by atoms with Crippen molar-refractivity contribution in [2.45, 2.75) is 32.9 Å². The van der Waals surface area contributed by atoms with Crippen LogP contribution in [0.1, 0.15) is 42.7 Å². The summed E-state index contributed by atoms with van der Waals surface area (Å²) in [6.07, 6.45) is 0. The van der Waals surface area contributed by atoms with E-state index in [0.717, 1.165) is 13.1 Å². The highest BCUT2D eigenvalue weighted by Gasteiger charge is 2.18. The third kappa shape index (κ3) is 4.33. The second-order valence-corrected chi connectivity index (χ2v) is 4.38. The quantitative estimate of drug-likeness (QED) is 0.803. The summed E-state index contributed by atoms with van der Waals surface area (Å²) in [7, 11) is 1.39. The van der Waals surface area contributed by atoms with Gasteiger partial charge in [0.05, 0.1) is 12.7 Å². The second kappa shape index (κ2) is 7.92. The van der Waals surface area contributed by atoms with Gasteiger partial charge in [-0.3, -0.25) is 0 Å². The maximum atomic E-state index is 11.3. The standard InChI is InChI=1S/C13H18N2O2.C2H6/c1-9-7-15-12(8-14-9)10-3-5-11(6-4-10)13(16)17-2;1-2/h3-6,9,12,14-15H,7-8H2,1-2H3;1-2H3. The molecule has 106 valence electrons. The third-order valence-corrected chi connectivity index (χ3v) is 3.08. The number of piperazine rings is 1. The molecule has 0 aromatic heterocycles. The molecule has 1 saturated heterocycles. The van der Waals surface area contributed by atoms with Crippen molar-refractivity contribution in [2.24, 2.45) is 0 Å². The number of carbonyl (C=O) groups excluding carboxylic acids is 1. The Morgan fingerprint density at radius 2 is 1.79 bits per heavy atom. The number of hydrogen-bond acceptors (Lipinski definition) is 4. The highest BCUT2D eigenvalue weighted by Crippen LogP contribution is 2.16. The molecule has 0 amide bonds. The summed E-state index contributed by atoms with van der Waals surface area (Å²) in [6, 6.07) is 8.39. The molecule has 4 nitrogen and oxygen atoms in total. The number of methoxy groups -OCH3 is 1. The van der Waals surface area contributed by atoms with Gasteiger partial charge in [-0.05, 0) is 24.6 Å². The molecule has 2 rings (SSSR count). The normalized spacial score (nSPS) is 22.1. The van der Waals surface area contributed by atoms with Crippen LogP contribution in [0.15, 0.2) is 24.3 Å². The van der Waals surface area contributed by atoms with Crippen molar-refractivity contribution < 1.29 is 9.53 Å². The summed E-state index contributed by atoms with van der Waals surface area (Å²) < 4.78 is 4.67. The topological polar surface area (TPSA) is 50.4 Å². The van der Waals surface area contributed by atoms with Crippen molar-refractivity contribution in [1.82, 2.24) is 10.6 Å². The molecule has 1 aromatic rings. The molecule has 2 atom stereocenters. The molecule has 2 unspecified atom stereocenters. The van der Waals surface area contributed by atoms with Gasteiger partial charge in [0.25, 0.3) is 0 Å². The average molecular weight is 264 g/mol. The van der Waals surface area contributed by atoms with Crippen LogP contribution in [0.4, 0.5) is 0 Å². The lowest BCUT2D eigenvalue weighted by Crippen LogP contribution is -2.48. The van der Waals surface area contributed by atoms with Crippen LogP contribution >= 0.6 is 0 Å². The highest BCUT2D eigenvalue weighted by atomic mass is 16.5. The first kappa shape index (κ1) is 15.7. The maximum Gasteiger partial charge on any atom is 0.337 e. The number of hydrogen-bond donors (Lipinski definition) is 2. The first-order chi connectivity index (χ1) is 9.20. The van der Waals surface area contributed by atoms with E-state index in [0.29, 0.717) is 17.6 Å². The predicted molar refractivity (Wildman–Crippen MR) is 77.3 cm³/mol. The summed E-state index contributed by atoms with van der Waals surface area (Å²) in [5, 5.41) is 6.89. The lowest BCUT2D eigenvalue weighted by Gasteiger charge is -2.29. The lowest BCUT2D eigenvalue weighted by molar-refractivity contribution is 0.0600. The molecule has 1 heterocycles. The van der Waals surface area contributed by atoms with Gasteiger partial charge in [0, 0.05) is 25.2 Å². The molecule has 1 aromatic carbocycles. The molecule has 0 radical (unpaired) electrons. The molecule has 0 saturated carbocycles. The van der Waals surface area contributed by atoms with Crippen LogP contribution in [0.3, 0.4) is 0 Å². The zero-order valence-electron chi connectivity index (χ0n) is 12.2. The fourth-order valence-electron chi connectivity index (χ4n) is 1.99. The molecular formula is C15H24N2O2. The Morgan fingerprint density at radius 1 is 1.16 bits per heavy atom. The second-order valence-electron chi connectivity index (χ2n) is 4.38. The zero-order valence-corrected chi connectivity index (χ0v) is 12.2. The van der Waals surface area contributed by atoms with Crippen LogP contribution in [0.2, 0.25) is 0 Å². The predicted octanol–water partition coefficient (Wildman–Crippen LogP) is 2.12. The number of nitrogens with one attached hydrogen (secondary N) is 2. The lowest BCUT2D eigenvalue weighted by atomic mass is 10.0. The van der Waals surface area contributed by atoms with Crippen molar-refractivity contribution in [3.8, 4) is 0 Å². The van der Waals surface area contributed by atoms with Gasteiger partial charge in [-0.1, -0.05) is 26.0 Å². The van der Waals surface area contributed by atoms with Gasteiger partial charge in [-0.2, -0.15) is 0 Å². The fourth-order valence-corrected chi connectivity index (χ4v) is 1.99. The molecule has 1 aliphatic heterocycles. The Hall–Kier alpha value is -1.39. The van der Waals surface area contributed by atoms with Gasteiger partial charge in [-0.25, -0.2) is 4.79 Å². The monoisotopic (exact) mass is 264 g/mol. The van der Waals surface area contributed by atoms with Gasteiger partial charge < -0.3 is 15.4 Å². The van der Waals surface area contributed by atoms with E-state index in [1.807, 2.05) is 26.0 Å². The average Bonchev–Trinajstić information content (AvgIpc) is 2.49. The third-order valence-electron chi connectivity index (χ3n) is 3.08. The Morgan fingerprint density at radius 3 is 2.26 bits per heavy atom. The number of carbonyl (C=O) groups is 1. The van der Waals surface area contributed by atoms with E-state index in [4.69, 9.17) is 0 Å². The largest absolute Gasteiger partial charge is 0.465 e. The molecule has 19 heavy (non-hydrogen) atoms.